The highest BCUT2D eigenvalue weighted by molar-refractivity contribution is 5.82. The molecule has 0 aliphatic heterocycles. The maximum atomic E-state index is 11.5. The average molecular weight is 365 g/mol. The summed E-state index contributed by atoms with van der Waals surface area (Å²) in [6, 6.07) is 0. The number of rotatable bonds is 6. The van der Waals surface area contributed by atoms with E-state index in [4.69, 9.17) is 9.47 Å². The van der Waals surface area contributed by atoms with Gasteiger partial charge in [-0.2, -0.15) is 0 Å². The predicted octanol–water partition coefficient (Wildman–Crippen LogP) is 5.06. The molecule has 2 fully saturated rings. The molecule has 0 aromatic heterocycles. The maximum Gasteiger partial charge on any atom is 0.330 e. The number of allylic oxidation sites excluding steroid dienone is 1. The van der Waals surface area contributed by atoms with Gasteiger partial charge in [-0.15, -0.1) is 0 Å². The molecule has 0 aromatic rings. The SMILES string of the molecule is COC(=O)C=C(C)CCC1C(C)(OC=O)CCC2C(C)(C)CCCC21C. The van der Waals surface area contributed by atoms with Crippen LogP contribution in [0, 0.1) is 22.7 Å². The smallest absolute Gasteiger partial charge is 0.330 e. The Morgan fingerprint density at radius 3 is 2.46 bits per heavy atom. The second-order valence-electron chi connectivity index (χ2n) is 9.57. The molecule has 2 rings (SSSR count). The van der Waals surface area contributed by atoms with Crippen LogP contribution in [0.4, 0.5) is 0 Å². The number of hydrogen-bond acceptors (Lipinski definition) is 4. The summed E-state index contributed by atoms with van der Waals surface area (Å²) >= 11 is 0. The first-order valence-electron chi connectivity index (χ1n) is 9.95. The first-order chi connectivity index (χ1) is 12.1. The van der Waals surface area contributed by atoms with E-state index in [-0.39, 0.29) is 11.4 Å². The van der Waals surface area contributed by atoms with Gasteiger partial charge in [-0.1, -0.05) is 32.8 Å². The van der Waals surface area contributed by atoms with Gasteiger partial charge in [0.05, 0.1) is 7.11 Å². The molecule has 0 N–H and O–H groups in total. The van der Waals surface area contributed by atoms with E-state index >= 15 is 0 Å². The summed E-state index contributed by atoms with van der Waals surface area (Å²) in [5.41, 5.74) is 1.08. The van der Waals surface area contributed by atoms with Crippen molar-refractivity contribution in [2.24, 2.45) is 22.7 Å². The van der Waals surface area contributed by atoms with E-state index < -0.39 is 5.60 Å². The van der Waals surface area contributed by atoms with Crippen LogP contribution in [-0.2, 0) is 19.1 Å². The van der Waals surface area contributed by atoms with Gasteiger partial charge in [0.1, 0.15) is 5.60 Å². The molecule has 2 aliphatic rings. The first-order valence-corrected chi connectivity index (χ1v) is 9.95. The molecule has 4 unspecified atom stereocenters. The zero-order valence-corrected chi connectivity index (χ0v) is 17.4. The highest BCUT2D eigenvalue weighted by Gasteiger charge is 2.58. The van der Waals surface area contributed by atoms with Crippen molar-refractivity contribution in [3.05, 3.63) is 11.6 Å². The first kappa shape index (κ1) is 21.0. The van der Waals surface area contributed by atoms with Gasteiger partial charge >= 0.3 is 5.97 Å². The fourth-order valence-corrected chi connectivity index (χ4v) is 6.20. The van der Waals surface area contributed by atoms with Crippen LogP contribution < -0.4 is 0 Å². The third kappa shape index (κ3) is 3.99. The molecule has 4 heteroatoms. The van der Waals surface area contributed by atoms with Gasteiger partial charge < -0.3 is 9.47 Å². The molecule has 2 saturated carbocycles. The molecule has 0 bridgehead atoms. The molecule has 0 aromatic carbocycles. The molecule has 148 valence electrons. The van der Waals surface area contributed by atoms with Crippen molar-refractivity contribution in [3.63, 3.8) is 0 Å². The number of fused-ring (bicyclic) bond motifs is 1. The lowest BCUT2D eigenvalue weighted by atomic mass is 9.45. The fraction of sp³-hybridized carbons (Fsp3) is 0.818. The van der Waals surface area contributed by atoms with Crippen LogP contribution in [0.1, 0.15) is 79.6 Å². The quantitative estimate of drug-likeness (QED) is 0.375. The molecular formula is C22H36O4. The van der Waals surface area contributed by atoms with Crippen molar-refractivity contribution in [3.8, 4) is 0 Å². The lowest BCUT2D eigenvalue weighted by Gasteiger charge is -2.61. The molecule has 0 amide bonds. The second kappa shape index (κ2) is 7.74. The molecule has 0 spiro atoms. The minimum Gasteiger partial charge on any atom is -0.466 e. The fourth-order valence-electron chi connectivity index (χ4n) is 6.20. The monoisotopic (exact) mass is 364 g/mol. The summed E-state index contributed by atoms with van der Waals surface area (Å²) in [5.74, 6) is 0.627. The summed E-state index contributed by atoms with van der Waals surface area (Å²) in [5, 5.41) is 0. The number of carbonyl (C=O) groups is 2. The molecule has 0 saturated heterocycles. The van der Waals surface area contributed by atoms with E-state index in [0.717, 1.165) is 31.3 Å². The van der Waals surface area contributed by atoms with E-state index in [2.05, 4.69) is 27.7 Å². The summed E-state index contributed by atoms with van der Waals surface area (Å²) in [7, 11) is 1.40. The van der Waals surface area contributed by atoms with Gasteiger partial charge in [-0.25, -0.2) is 4.79 Å². The summed E-state index contributed by atoms with van der Waals surface area (Å²) in [4.78, 5) is 22.8. The van der Waals surface area contributed by atoms with E-state index in [1.807, 2.05) is 6.92 Å². The van der Waals surface area contributed by atoms with Gasteiger partial charge in [-0.05, 0) is 69.1 Å². The normalized spacial score (nSPS) is 36.8. The number of ether oxygens (including phenoxy) is 2. The Labute approximate surface area is 158 Å². The summed E-state index contributed by atoms with van der Waals surface area (Å²) in [6.07, 6.45) is 9.03. The van der Waals surface area contributed by atoms with E-state index in [1.165, 1.54) is 26.4 Å². The summed E-state index contributed by atoms with van der Waals surface area (Å²) in [6.45, 7) is 11.9. The minimum atomic E-state index is -0.425. The number of hydrogen-bond donors (Lipinski definition) is 0. The average Bonchev–Trinajstić information content (AvgIpc) is 2.53. The maximum absolute atomic E-state index is 11.5. The standard InChI is InChI=1S/C22H36O4/c1-16(14-19(24)25-6)8-9-18-21(4)12-7-11-20(2,3)17(21)10-13-22(18,5)26-15-23/h14-15,17-18H,7-13H2,1-6H3. The number of methoxy groups -OCH3 is 1. The zero-order chi connectivity index (χ0) is 19.6. The van der Waals surface area contributed by atoms with Gasteiger partial charge in [0.25, 0.3) is 6.47 Å². The van der Waals surface area contributed by atoms with Crippen molar-refractivity contribution < 1.29 is 19.1 Å². The Morgan fingerprint density at radius 1 is 1.15 bits per heavy atom. The summed E-state index contributed by atoms with van der Waals surface area (Å²) < 4.78 is 10.4. The van der Waals surface area contributed by atoms with E-state index in [1.54, 1.807) is 6.08 Å². The van der Waals surface area contributed by atoms with Crippen LogP contribution in [0.15, 0.2) is 11.6 Å². The van der Waals surface area contributed by atoms with E-state index in [9.17, 15) is 9.59 Å². The molecule has 4 atom stereocenters. The second-order valence-corrected chi connectivity index (χ2v) is 9.57. The van der Waals surface area contributed by atoms with Gasteiger partial charge in [0.2, 0.25) is 0 Å². The zero-order valence-electron chi connectivity index (χ0n) is 17.4. The third-order valence-electron chi connectivity index (χ3n) is 7.45. The number of esters is 1. The Bertz CT molecular complexity index is 564. The highest BCUT2D eigenvalue weighted by Crippen LogP contribution is 2.63. The van der Waals surface area contributed by atoms with Crippen LogP contribution in [0.3, 0.4) is 0 Å². The van der Waals surface area contributed by atoms with Crippen molar-refractivity contribution >= 4 is 12.4 Å². The van der Waals surface area contributed by atoms with Gasteiger partial charge in [0, 0.05) is 12.0 Å². The largest absolute Gasteiger partial charge is 0.466 e. The molecule has 4 nitrogen and oxygen atoms in total. The van der Waals surface area contributed by atoms with Crippen LogP contribution in [-0.4, -0.2) is 25.2 Å². The molecule has 26 heavy (non-hydrogen) atoms. The molecular weight excluding hydrogens is 328 g/mol. The predicted molar refractivity (Wildman–Crippen MR) is 103 cm³/mol. The Hall–Kier alpha value is -1.32. The lowest BCUT2D eigenvalue weighted by molar-refractivity contribution is -0.190. The Balaban J connectivity index is 2.29. The Kier molecular flexibility index (Phi) is 6.24. The van der Waals surface area contributed by atoms with Crippen LogP contribution in [0.5, 0.6) is 0 Å². The Morgan fingerprint density at radius 2 is 1.85 bits per heavy atom. The van der Waals surface area contributed by atoms with Crippen molar-refractivity contribution in [2.45, 2.75) is 85.2 Å². The lowest BCUT2D eigenvalue weighted by Crippen LogP contribution is -2.58. The number of carbonyl (C=O) groups excluding carboxylic acids is 2. The topological polar surface area (TPSA) is 52.6 Å². The molecule has 0 heterocycles. The minimum absolute atomic E-state index is 0.156. The highest BCUT2D eigenvalue weighted by atomic mass is 16.5. The van der Waals surface area contributed by atoms with Crippen LogP contribution in [0.25, 0.3) is 0 Å². The van der Waals surface area contributed by atoms with Crippen LogP contribution in [0.2, 0.25) is 0 Å². The van der Waals surface area contributed by atoms with Gasteiger partial charge in [-0.3, -0.25) is 4.79 Å². The van der Waals surface area contributed by atoms with E-state index in [0.29, 0.717) is 23.7 Å². The molecule has 0 radical (unpaired) electrons. The van der Waals surface area contributed by atoms with Crippen LogP contribution >= 0.6 is 0 Å². The van der Waals surface area contributed by atoms with Crippen molar-refractivity contribution in [1.29, 1.82) is 0 Å². The van der Waals surface area contributed by atoms with Gasteiger partial charge in [0.15, 0.2) is 0 Å². The third-order valence-corrected chi connectivity index (χ3v) is 7.45. The molecule has 2 aliphatic carbocycles. The van der Waals surface area contributed by atoms with Crippen molar-refractivity contribution in [2.75, 3.05) is 7.11 Å². The van der Waals surface area contributed by atoms with Crippen molar-refractivity contribution in [1.82, 2.24) is 0 Å².